The lowest BCUT2D eigenvalue weighted by Gasteiger charge is -2.24. The molecule has 0 aliphatic carbocycles. The number of primary amides is 2. The minimum Gasteiger partial charge on any atom is -0.370 e. The third-order valence-corrected chi connectivity index (χ3v) is 4.44. The number of carbonyl (C=O) groups excluding carboxylic acids is 5. The van der Waals surface area contributed by atoms with Crippen LogP contribution in [-0.4, -0.2) is 60.2 Å². The summed E-state index contributed by atoms with van der Waals surface area (Å²) in [6.45, 7) is 5.54. The molecule has 0 radical (unpaired) electrons. The molecule has 1 aliphatic heterocycles. The van der Waals surface area contributed by atoms with Crippen molar-refractivity contribution in [1.29, 1.82) is 0 Å². The van der Waals surface area contributed by atoms with E-state index in [1.807, 2.05) is 0 Å². The number of hydrogen-bond donors (Lipinski definition) is 6. The lowest BCUT2D eigenvalue weighted by molar-refractivity contribution is -0.134. The van der Waals surface area contributed by atoms with Crippen molar-refractivity contribution in [1.82, 2.24) is 21.3 Å². The van der Waals surface area contributed by atoms with Crippen LogP contribution in [0.25, 0.3) is 0 Å². The third kappa shape index (κ3) is 7.14. The summed E-state index contributed by atoms with van der Waals surface area (Å²) in [7, 11) is 0. The highest BCUT2D eigenvalue weighted by Gasteiger charge is 2.31. The molecule has 28 heavy (non-hydrogen) atoms. The van der Waals surface area contributed by atoms with Crippen LogP contribution in [0.5, 0.6) is 0 Å². The molecular weight excluding hydrogens is 368 g/mol. The highest BCUT2D eigenvalue weighted by atomic mass is 16.2. The second kappa shape index (κ2) is 10.6. The fourth-order valence-corrected chi connectivity index (χ4v) is 2.82. The zero-order chi connectivity index (χ0) is 21.4. The van der Waals surface area contributed by atoms with Crippen molar-refractivity contribution in [3.05, 3.63) is 0 Å². The molecule has 11 heteroatoms. The Balaban J connectivity index is 2.71. The van der Waals surface area contributed by atoms with Gasteiger partial charge in [-0.25, -0.2) is 0 Å². The molecular formula is C17H30N6O5. The van der Waals surface area contributed by atoms with Crippen molar-refractivity contribution in [2.45, 2.75) is 64.2 Å². The number of amides is 5. The molecule has 158 valence electrons. The van der Waals surface area contributed by atoms with Gasteiger partial charge in [0.2, 0.25) is 29.5 Å². The molecule has 0 bridgehead atoms. The Morgan fingerprint density at radius 3 is 2.11 bits per heavy atom. The Morgan fingerprint density at radius 2 is 1.64 bits per heavy atom. The number of rotatable bonds is 10. The smallest absolute Gasteiger partial charge is 0.243 e. The monoisotopic (exact) mass is 398 g/mol. The maximum atomic E-state index is 12.5. The fourth-order valence-electron chi connectivity index (χ4n) is 2.82. The van der Waals surface area contributed by atoms with E-state index in [2.05, 4.69) is 21.3 Å². The first-order chi connectivity index (χ1) is 13.0. The summed E-state index contributed by atoms with van der Waals surface area (Å²) >= 11 is 0. The molecule has 0 unspecified atom stereocenters. The Bertz CT molecular complexity index is 617. The first-order valence-corrected chi connectivity index (χ1v) is 9.25. The van der Waals surface area contributed by atoms with Gasteiger partial charge < -0.3 is 32.7 Å². The molecule has 1 saturated heterocycles. The van der Waals surface area contributed by atoms with Gasteiger partial charge in [-0.2, -0.15) is 0 Å². The Morgan fingerprint density at radius 1 is 1.00 bits per heavy atom. The summed E-state index contributed by atoms with van der Waals surface area (Å²) in [4.78, 5) is 59.6. The quantitative estimate of drug-likeness (QED) is 0.231. The van der Waals surface area contributed by atoms with E-state index in [4.69, 9.17) is 11.5 Å². The molecule has 11 nitrogen and oxygen atoms in total. The second-order valence-corrected chi connectivity index (χ2v) is 7.24. The van der Waals surface area contributed by atoms with Gasteiger partial charge in [-0.1, -0.05) is 13.8 Å². The highest BCUT2D eigenvalue weighted by Crippen LogP contribution is 2.06. The first-order valence-electron chi connectivity index (χ1n) is 9.25. The third-order valence-electron chi connectivity index (χ3n) is 4.44. The summed E-state index contributed by atoms with van der Waals surface area (Å²) in [5, 5.41) is 10.4. The van der Waals surface area contributed by atoms with Gasteiger partial charge in [0.1, 0.15) is 18.1 Å². The Hall–Kier alpha value is -2.69. The van der Waals surface area contributed by atoms with Crippen LogP contribution in [-0.2, 0) is 24.0 Å². The Labute approximate surface area is 163 Å². The van der Waals surface area contributed by atoms with E-state index >= 15 is 0 Å². The van der Waals surface area contributed by atoms with E-state index in [1.165, 1.54) is 6.92 Å². The minimum absolute atomic E-state index is 0.231. The normalized spacial score (nSPS) is 19.4. The molecule has 0 spiro atoms. The van der Waals surface area contributed by atoms with Gasteiger partial charge >= 0.3 is 0 Å². The lowest BCUT2D eigenvalue weighted by atomic mass is 10.0. The molecule has 0 aromatic heterocycles. The average Bonchev–Trinajstić information content (AvgIpc) is 3.12. The van der Waals surface area contributed by atoms with Gasteiger partial charge in [-0.15, -0.1) is 0 Å². The van der Waals surface area contributed by atoms with E-state index in [1.54, 1.807) is 13.8 Å². The molecule has 4 atom stereocenters. The molecule has 1 heterocycles. The molecule has 0 aromatic carbocycles. The SMILES string of the molecule is CC(C)[C@H](NC(=O)[C@H](C)NC(=O)[C@H](CC(N)=O)NC(=O)[C@@H]1CCCN1)C(N)=O. The van der Waals surface area contributed by atoms with Crippen LogP contribution < -0.4 is 32.7 Å². The summed E-state index contributed by atoms with van der Waals surface area (Å²) < 4.78 is 0. The zero-order valence-electron chi connectivity index (χ0n) is 16.4. The molecule has 1 aliphatic rings. The molecule has 1 fully saturated rings. The van der Waals surface area contributed by atoms with Crippen molar-refractivity contribution < 1.29 is 24.0 Å². The fraction of sp³-hybridized carbons (Fsp3) is 0.706. The molecule has 1 rings (SSSR count). The Kier molecular flexibility index (Phi) is 8.83. The average molecular weight is 398 g/mol. The number of carbonyl (C=O) groups is 5. The zero-order valence-corrected chi connectivity index (χ0v) is 16.4. The summed E-state index contributed by atoms with van der Waals surface area (Å²) in [6, 6.07) is -3.56. The summed E-state index contributed by atoms with van der Waals surface area (Å²) in [5.41, 5.74) is 10.4. The lowest BCUT2D eigenvalue weighted by Crippen LogP contribution is -2.57. The predicted molar refractivity (Wildman–Crippen MR) is 100 cm³/mol. The topological polar surface area (TPSA) is 186 Å². The van der Waals surface area contributed by atoms with E-state index < -0.39 is 60.1 Å². The van der Waals surface area contributed by atoms with Crippen LogP contribution in [0.3, 0.4) is 0 Å². The van der Waals surface area contributed by atoms with Crippen molar-refractivity contribution in [2.24, 2.45) is 17.4 Å². The highest BCUT2D eigenvalue weighted by molar-refractivity contribution is 5.96. The summed E-state index contributed by atoms with van der Waals surface area (Å²) in [5.74, 6) is -3.45. The van der Waals surface area contributed by atoms with Crippen LogP contribution >= 0.6 is 0 Å². The van der Waals surface area contributed by atoms with Gasteiger partial charge in [0.05, 0.1) is 12.5 Å². The van der Waals surface area contributed by atoms with Crippen LogP contribution in [0.2, 0.25) is 0 Å². The van der Waals surface area contributed by atoms with Crippen molar-refractivity contribution in [3.63, 3.8) is 0 Å². The van der Waals surface area contributed by atoms with Crippen molar-refractivity contribution in [3.8, 4) is 0 Å². The van der Waals surface area contributed by atoms with Gasteiger partial charge in [0, 0.05) is 0 Å². The van der Waals surface area contributed by atoms with E-state index in [0.717, 1.165) is 6.42 Å². The molecule has 0 saturated carbocycles. The van der Waals surface area contributed by atoms with E-state index in [-0.39, 0.29) is 5.92 Å². The largest absolute Gasteiger partial charge is 0.370 e. The maximum absolute atomic E-state index is 12.5. The van der Waals surface area contributed by atoms with Gasteiger partial charge in [-0.05, 0) is 32.2 Å². The van der Waals surface area contributed by atoms with Gasteiger partial charge in [0.25, 0.3) is 0 Å². The molecule has 5 amide bonds. The molecule has 8 N–H and O–H groups in total. The maximum Gasteiger partial charge on any atom is 0.243 e. The van der Waals surface area contributed by atoms with E-state index in [0.29, 0.717) is 13.0 Å². The van der Waals surface area contributed by atoms with E-state index in [9.17, 15) is 24.0 Å². The van der Waals surface area contributed by atoms with Crippen molar-refractivity contribution >= 4 is 29.5 Å². The summed E-state index contributed by atoms with van der Waals surface area (Å²) in [6.07, 6.45) is 1.05. The second-order valence-electron chi connectivity index (χ2n) is 7.24. The van der Waals surface area contributed by atoms with Crippen LogP contribution in [0.4, 0.5) is 0 Å². The number of nitrogens with one attached hydrogen (secondary N) is 4. The van der Waals surface area contributed by atoms with Crippen LogP contribution in [0, 0.1) is 5.92 Å². The molecule has 0 aromatic rings. The number of hydrogen-bond acceptors (Lipinski definition) is 6. The first kappa shape index (κ1) is 23.3. The standard InChI is InChI=1S/C17H30N6O5/c1-8(2)13(14(19)25)23-15(26)9(3)21-17(28)11(7-12(18)24)22-16(27)10-5-4-6-20-10/h8-11,13,20H,4-7H2,1-3H3,(H2,18,24)(H2,19,25)(H,21,28)(H,22,27)(H,23,26)/t9-,10-,11-,13-/m0/s1. The van der Waals surface area contributed by atoms with Crippen LogP contribution in [0.15, 0.2) is 0 Å². The minimum atomic E-state index is -1.21. The number of nitrogens with two attached hydrogens (primary N) is 2. The van der Waals surface area contributed by atoms with Crippen LogP contribution in [0.1, 0.15) is 40.0 Å². The van der Waals surface area contributed by atoms with Crippen molar-refractivity contribution in [2.75, 3.05) is 6.54 Å². The van der Waals surface area contributed by atoms with Gasteiger partial charge in [-0.3, -0.25) is 24.0 Å². The van der Waals surface area contributed by atoms with Gasteiger partial charge in [0.15, 0.2) is 0 Å². The predicted octanol–water partition coefficient (Wildman–Crippen LogP) is -2.77.